The number of amides is 2. The number of aromatic nitrogens is 2. The number of aryl methyl sites for hydroxylation is 1. The van der Waals surface area contributed by atoms with Crippen molar-refractivity contribution in [2.75, 3.05) is 49.8 Å². The first kappa shape index (κ1) is 20.1. The number of benzene rings is 1. The predicted octanol–water partition coefficient (Wildman–Crippen LogP) is 2.47. The molecule has 0 atom stereocenters. The molecule has 146 valence electrons. The molecule has 4 N–H and O–H groups in total. The van der Waals surface area contributed by atoms with Gasteiger partial charge in [-0.25, -0.2) is 14.8 Å². The second-order valence-electron chi connectivity index (χ2n) is 5.56. The van der Waals surface area contributed by atoms with E-state index in [-0.39, 0.29) is 6.03 Å². The predicted molar refractivity (Wildman–Crippen MR) is 106 cm³/mol. The number of anilines is 3. The molecule has 0 saturated heterocycles. The number of hydrogen-bond donors (Lipinski definition) is 4. The first-order valence-electron chi connectivity index (χ1n) is 8.66. The van der Waals surface area contributed by atoms with Gasteiger partial charge in [-0.15, -0.1) is 0 Å². The van der Waals surface area contributed by atoms with Gasteiger partial charge in [0.1, 0.15) is 17.5 Å². The van der Waals surface area contributed by atoms with Crippen molar-refractivity contribution in [3.63, 3.8) is 0 Å². The number of ether oxygens (including phenoxy) is 2. The smallest absolute Gasteiger partial charge is 0.319 e. The molecule has 0 spiro atoms. The second kappa shape index (κ2) is 10.0. The molecule has 0 fully saturated rings. The highest BCUT2D eigenvalue weighted by Gasteiger charge is 2.11. The van der Waals surface area contributed by atoms with E-state index in [9.17, 15) is 4.79 Å². The average molecular weight is 374 g/mol. The van der Waals surface area contributed by atoms with Gasteiger partial charge in [0.05, 0.1) is 19.9 Å². The molecule has 0 aliphatic carbocycles. The highest BCUT2D eigenvalue weighted by atomic mass is 16.5. The maximum Gasteiger partial charge on any atom is 0.319 e. The quantitative estimate of drug-likeness (QED) is 0.499. The Morgan fingerprint density at radius 3 is 2.48 bits per heavy atom. The van der Waals surface area contributed by atoms with Crippen LogP contribution in [-0.2, 0) is 0 Å². The Labute approximate surface area is 158 Å². The summed E-state index contributed by atoms with van der Waals surface area (Å²) >= 11 is 0. The summed E-state index contributed by atoms with van der Waals surface area (Å²) in [6.07, 6.45) is 0. The van der Waals surface area contributed by atoms with Crippen molar-refractivity contribution in [1.82, 2.24) is 15.3 Å². The summed E-state index contributed by atoms with van der Waals surface area (Å²) in [5.74, 6) is 3.17. The van der Waals surface area contributed by atoms with Crippen LogP contribution in [-0.4, -0.2) is 49.9 Å². The van der Waals surface area contributed by atoms with E-state index in [0.717, 1.165) is 12.4 Å². The third-order valence-corrected chi connectivity index (χ3v) is 3.56. The molecule has 0 aliphatic rings. The molecule has 9 heteroatoms. The third-order valence-electron chi connectivity index (χ3n) is 3.56. The molecule has 1 heterocycles. The number of urea groups is 1. The number of hydrogen-bond acceptors (Lipinski definition) is 7. The summed E-state index contributed by atoms with van der Waals surface area (Å²) in [5, 5.41) is 11.8. The summed E-state index contributed by atoms with van der Waals surface area (Å²) < 4.78 is 10.5. The van der Waals surface area contributed by atoms with Gasteiger partial charge >= 0.3 is 6.03 Å². The molecule has 2 aromatic rings. The van der Waals surface area contributed by atoms with Gasteiger partial charge in [0.15, 0.2) is 11.5 Å². The Kier molecular flexibility index (Phi) is 7.48. The van der Waals surface area contributed by atoms with Gasteiger partial charge in [-0.3, -0.25) is 0 Å². The van der Waals surface area contributed by atoms with E-state index in [1.807, 2.05) is 19.9 Å². The van der Waals surface area contributed by atoms with Crippen LogP contribution in [0.4, 0.5) is 22.1 Å². The van der Waals surface area contributed by atoms with E-state index in [1.165, 1.54) is 7.11 Å². The van der Waals surface area contributed by atoms with Crippen LogP contribution in [0.25, 0.3) is 0 Å². The van der Waals surface area contributed by atoms with E-state index < -0.39 is 0 Å². The zero-order valence-corrected chi connectivity index (χ0v) is 16.0. The van der Waals surface area contributed by atoms with Gasteiger partial charge in [0.2, 0.25) is 0 Å². The van der Waals surface area contributed by atoms with Gasteiger partial charge in [0, 0.05) is 25.7 Å². The number of nitrogens with one attached hydrogen (secondary N) is 4. The fraction of sp³-hybridized carbons (Fsp3) is 0.389. The largest absolute Gasteiger partial charge is 0.493 e. The Hall–Kier alpha value is -3.23. The molecular formula is C18H26N6O3. The number of rotatable bonds is 9. The minimum atomic E-state index is -0.337. The fourth-order valence-corrected chi connectivity index (χ4v) is 2.45. The lowest BCUT2D eigenvalue weighted by molar-refractivity contribution is 0.252. The van der Waals surface area contributed by atoms with Crippen molar-refractivity contribution >= 4 is 23.4 Å². The second-order valence-corrected chi connectivity index (χ2v) is 5.56. The van der Waals surface area contributed by atoms with E-state index >= 15 is 0 Å². The van der Waals surface area contributed by atoms with Crippen molar-refractivity contribution in [1.29, 1.82) is 0 Å². The molecule has 0 aliphatic heterocycles. The van der Waals surface area contributed by atoms with Crippen molar-refractivity contribution < 1.29 is 14.3 Å². The lowest BCUT2D eigenvalue weighted by Gasteiger charge is -2.14. The molecule has 0 saturated carbocycles. The summed E-state index contributed by atoms with van der Waals surface area (Å²) in [6.45, 7) is 5.55. The Morgan fingerprint density at radius 2 is 1.81 bits per heavy atom. The summed E-state index contributed by atoms with van der Waals surface area (Å²) in [6, 6.07) is 6.77. The highest BCUT2D eigenvalue weighted by molar-refractivity contribution is 5.91. The van der Waals surface area contributed by atoms with Crippen LogP contribution in [0.1, 0.15) is 12.7 Å². The zero-order chi connectivity index (χ0) is 19.6. The topological polar surface area (TPSA) is 109 Å². The van der Waals surface area contributed by atoms with Crippen LogP contribution in [0.3, 0.4) is 0 Å². The van der Waals surface area contributed by atoms with E-state index in [0.29, 0.717) is 41.9 Å². The molecular weight excluding hydrogens is 348 g/mol. The maximum absolute atomic E-state index is 12.1. The fourth-order valence-electron chi connectivity index (χ4n) is 2.45. The zero-order valence-electron chi connectivity index (χ0n) is 16.0. The molecule has 1 aromatic heterocycles. The van der Waals surface area contributed by atoms with Crippen molar-refractivity contribution in [2.24, 2.45) is 0 Å². The van der Waals surface area contributed by atoms with Gasteiger partial charge in [-0.05, 0) is 26.0 Å². The number of nitrogens with zero attached hydrogens (tertiary/aromatic N) is 2. The van der Waals surface area contributed by atoms with E-state index in [1.54, 1.807) is 25.3 Å². The number of methoxy groups -OCH3 is 2. The lowest BCUT2D eigenvalue weighted by Crippen LogP contribution is -2.32. The molecule has 9 nitrogen and oxygen atoms in total. The van der Waals surface area contributed by atoms with E-state index in [2.05, 4.69) is 31.2 Å². The molecule has 27 heavy (non-hydrogen) atoms. The minimum Gasteiger partial charge on any atom is -0.493 e. The van der Waals surface area contributed by atoms with Crippen LogP contribution >= 0.6 is 0 Å². The third kappa shape index (κ3) is 5.91. The molecule has 1 aromatic carbocycles. The monoisotopic (exact) mass is 374 g/mol. The van der Waals surface area contributed by atoms with Gasteiger partial charge in [-0.2, -0.15) is 0 Å². The average Bonchev–Trinajstić information content (AvgIpc) is 2.65. The van der Waals surface area contributed by atoms with Gasteiger partial charge in [0.25, 0.3) is 0 Å². The number of para-hydroxylation sites is 1. The lowest BCUT2D eigenvalue weighted by atomic mass is 10.2. The van der Waals surface area contributed by atoms with Crippen LogP contribution in [0.5, 0.6) is 11.5 Å². The van der Waals surface area contributed by atoms with Crippen LogP contribution < -0.4 is 30.7 Å². The first-order valence-corrected chi connectivity index (χ1v) is 8.66. The Bertz CT molecular complexity index is 769. The normalized spacial score (nSPS) is 10.1. The summed E-state index contributed by atoms with van der Waals surface area (Å²) in [4.78, 5) is 20.7. The highest BCUT2D eigenvalue weighted by Crippen LogP contribution is 2.34. The van der Waals surface area contributed by atoms with Gasteiger partial charge < -0.3 is 30.7 Å². The van der Waals surface area contributed by atoms with Gasteiger partial charge in [-0.1, -0.05) is 6.07 Å². The van der Waals surface area contributed by atoms with Crippen LogP contribution in [0.15, 0.2) is 24.3 Å². The van der Waals surface area contributed by atoms with Crippen molar-refractivity contribution in [3.8, 4) is 11.5 Å². The molecule has 0 bridgehead atoms. The molecule has 2 rings (SSSR count). The number of carbonyl (C=O) groups excluding carboxylic acids is 1. The van der Waals surface area contributed by atoms with Crippen LogP contribution in [0, 0.1) is 6.92 Å². The van der Waals surface area contributed by atoms with Crippen molar-refractivity contribution in [3.05, 3.63) is 30.1 Å². The number of carbonyl (C=O) groups is 1. The summed E-state index contributed by atoms with van der Waals surface area (Å²) in [5.41, 5.74) is 0.531. The SMILES string of the molecule is CCNc1cc(NCCNC(=O)Nc2cccc(OC)c2OC)nc(C)n1. The molecule has 2 amide bonds. The maximum atomic E-state index is 12.1. The van der Waals surface area contributed by atoms with E-state index in [4.69, 9.17) is 9.47 Å². The minimum absolute atomic E-state index is 0.337. The Balaban J connectivity index is 1.83. The summed E-state index contributed by atoms with van der Waals surface area (Å²) in [7, 11) is 3.07. The molecule has 0 unspecified atom stereocenters. The Morgan fingerprint density at radius 1 is 1.07 bits per heavy atom. The first-order chi connectivity index (χ1) is 13.1. The van der Waals surface area contributed by atoms with Crippen LogP contribution in [0.2, 0.25) is 0 Å². The molecule has 0 radical (unpaired) electrons. The standard InChI is InChI=1S/C18H26N6O3/c1-5-19-15-11-16(23-12(2)22-15)20-9-10-21-18(25)24-13-7-6-8-14(26-3)17(13)27-4/h6-8,11H,5,9-10H2,1-4H3,(H2,21,24,25)(H2,19,20,22,23). The van der Waals surface area contributed by atoms with Crippen molar-refractivity contribution in [2.45, 2.75) is 13.8 Å².